The van der Waals surface area contributed by atoms with Crippen LogP contribution in [0, 0.1) is 6.92 Å². The minimum absolute atomic E-state index is 0.0291. The van der Waals surface area contributed by atoms with Gasteiger partial charge in [-0.3, -0.25) is 0 Å². The highest BCUT2D eigenvalue weighted by Crippen LogP contribution is 2.31. The van der Waals surface area contributed by atoms with E-state index in [-0.39, 0.29) is 11.4 Å². The Balaban J connectivity index is 1.63. The van der Waals surface area contributed by atoms with Gasteiger partial charge in [-0.05, 0) is 41.5 Å². The second kappa shape index (κ2) is 7.24. The molecule has 0 bridgehead atoms. The normalized spacial score (nSPS) is 11.5. The van der Waals surface area contributed by atoms with E-state index in [1.807, 2.05) is 37.4 Å². The minimum Gasteiger partial charge on any atom is -0.361 e. The maximum atomic E-state index is 12.4. The highest BCUT2D eigenvalue weighted by molar-refractivity contribution is 5.91. The number of rotatable bonds is 4. The number of anilines is 1. The van der Waals surface area contributed by atoms with E-state index in [9.17, 15) is 4.79 Å². The molecule has 0 spiro atoms. The lowest BCUT2D eigenvalue weighted by Gasteiger charge is -2.24. The van der Waals surface area contributed by atoms with Crippen LogP contribution in [0.1, 0.15) is 37.5 Å². The second-order valence-electron chi connectivity index (χ2n) is 7.74. The highest BCUT2D eigenvalue weighted by atomic mass is 16.2. The summed E-state index contributed by atoms with van der Waals surface area (Å²) in [6.45, 7) is 9.08. The summed E-state index contributed by atoms with van der Waals surface area (Å²) in [5.41, 5.74) is 5.44. The number of hydrogen-bond donors (Lipinski definition) is 3. The van der Waals surface area contributed by atoms with E-state index < -0.39 is 0 Å². The number of amides is 2. The van der Waals surface area contributed by atoms with E-state index in [0.29, 0.717) is 6.54 Å². The molecular formula is C22H27N3O. The lowest BCUT2D eigenvalue weighted by Crippen LogP contribution is -2.31. The van der Waals surface area contributed by atoms with Gasteiger partial charge in [0, 0.05) is 29.3 Å². The largest absolute Gasteiger partial charge is 0.361 e. The second-order valence-corrected chi connectivity index (χ2v) is 7.74. The van der Waals surface area contributed by atoms with Gasteiger partial charge in [0.25, 0.3) is 0 Å². The Kier molecular flexibility index (Phi) is 5.03. The molecule has 0 atom stereocenters. The van der Waals surface area contributed by atoms with Crippen molar-refractivity contribution in [2.75, 3.05) is 11.9 Å². The summed E-state index contributed by atoms with van der Waals surface area (Å²) >= 11 is 0. The molecule has 2 amide bonds. The molecule has 0 saturated heterocycles. The minimum atomic E-state index is -0.162. The fourth-order valence-corrected chi connectivity index (χ4v) is 3.27. The molecule has 4 heteroatoms. The molecule has 0 aliphatic heterocycles. The number of carbonyl (C=O) groups excluding carboxylic acids is 1. The van der Waals surface area contributed by atoms with Crippen molar-refractivity contribution in [1.82, 2.24) is 10.3 Å². The predicted octanol–water partition coefficient (Wildman–Crippen LogP) is 5.14. The van der Waals surface area contributed by atoms with Crippen LogP contribution in [0.5, 0.6) is 0 Å². The molecule has 0 saturated carbocycles. The SMILES string of the molecule is Cc1cccc(C(C)(C)C)c1NC(=O)NCCc1c[nH]c2ccccc12. The molecule has 2 aromatic carbocycles. The van der Waals surface area contributed by atoms with Crippen molar-refractivity contribution in [1.29, 1.82) is 0 Å². The van der Waals surface area contributed by atoms with Gasteiger partial charge < -0.3 is 15.6 Å². The topological polar surface area (TPSA) is 56.9 Å². The molecule has 1 heterocycles. The van der Waals surface area contributed by atoms with Gasteiger partial charge in [0.1, 0.15) is 0 Å². The molecule has 0 unspecified atom stereocenters. The van der Waals surface area contributed by atoms with Crippen LogP contribution in [0.3, 0.4) is 0 Å². The number of aryl methyl sites for hydroxylation is 1. The first-order chi connectivity index (χ1) is 12.4. The summed E-state index contributed by atoms with van der Waals surface area (Å²) in [5.74, 6) is 0. The molecule has 136 valence electrons. The van der Waals surface area contributed by atoms with Crippen molar-refractivity contribution in [3.63, 3.8) is 0 Å². The highest BCUT2D eigenvalue weighted by Gasteiger charge is 2.20. The number of aromatic nitrogens is 1. The molecule has 4 nitrogen and oxygen atoms in total. The number of aromatic amines is 1. The van der Waals surface area contributed by atoms with Gasteiger partial charge in [-0.2, -0.15) is 0 Å². The summed E-state index contributed by atoms with van der Waals surface area (Å²) < 4.78 is 0. The molecule has 0 aliphatic rings. The lowest BCUT2D eigenvalue weighted by molar-refractivity contribution is 0.252. The van der Waals surface area contributed by atoms with Crippen LogP contribution in [-0.2, 0) is 11.8 Å². The van der Waals surface area contributed by atoms with Gasteiger partial charge in [0.15, 0.2) is 0 Å². The first-order valence-corrected chi connectivity index (χ1v) is 9.06. The van der Waals surface area contributed by atoms with E-state index in [2.05, 4.69) is 54.6 Å². The van der Waals surface area contributed by atoms with Crippen molar-refractivity contribution in [2.45, 2.75) is 39.5 Å². The van der Waals surface area contributed by atoms with Crippen LogP contribution in [0.4, 0.5) is 10.5 Å². The van der Waals surface area contributed by atoms with E-state index in [4.69, 9.17) is 0 Å². The molecule has 3 rings (SSSR count). The molecule has 3 aromatic rings. The maximum Gasteiger partial charge on any atom is 0.319 e. The standard InChI is InChI=1S/C22H27N3O/c1-15-8-7-10-18(22(2,3)4)20(15)25-21(26)23-13-12-16-14-24-19-11-6-5-9-17(16)19/h5-11,14,24H,12-13H2,1-4H3,(H2,23,25,26). The quantitative estimate of drug-likeness (QED) is 0.600. The van der Waals surface area contributed by atoms with Crippen LogP contribution in [0.2, 0.25) is 0 Å². The summed E-state index contributed by atoms with van der Waals surface area (Å²) in [5, 5.41) is 7.23. The monoisotopic (exact) mass is 349 g/mol. The van der Waals surface area contributed by atoms with Gasteiger partial charge in [-0.25, -0.2) is 4.79 Å². The zero-order chi connectivity index (χ0) is 18.7. The number of hydrogen-bond acceptors (Lipinski definition) is 1. The number of para-hydroxylation sites is 2. The Morgan fingerprint density at radius 1 is 1.08 bits per heavy atom. The Bertz CT molecular complexity index is 919. The summed E-state index contributed by atoms with van der Waals surface area (Å²) in [4.78, 5) is 15.7. The van der Waals surface area contributed by atoms with E-state index >= 15 is 0 Å². The van der Waals surface area contributed by atoms with Gasteiger partial charge in [0.2, 0.25) is 0 Å². The third-order valence-corrected chi connectivity index (χ3v) is 4.67. The third-order valence-electron chi connectivity index (χ3n) is 4.67. The van der Waals surface area contributed by atoms with Gasteiger partial charge >= 0.3 is 6.03 Å². The van der Waals surface area contributed by atoms with Crippen LogP contribution in [-0.4, -0.2) is 17.6 Å². The number of urea groups is 1. The molecular weight excluding hydrogens is 322 g/mol. The number of carbonyl (C=O) groups is 1. The molecule has 26 heavy (non-hydrogen) atoms. The van der Waals surface area contributed by atoms with Crippen molar-refractivity contribution in [3.05, 3.63) is 65.4 Å². The molecule has 0 aliphatic carbocycles. The maximum absolute atomic E-state index is 12.4. The van der Waals surface area contributed by atoms with E-state index in [0.717, 1.165) is 28.8 Å². The number of H-pyrrole nitrogens is 1. The number of nitrogens with one attached hydrogen (secondary N) is 3. The average molecular weight is 349 g/mol. The zero-order valence-electron chi connectivity index (χ0n) is 15.9. The van der Waals surface area contributed by atoms with Gasteiger partial charge in [0.05, 0.1) is 0 Å². The Hall–Kier alpha value is -2.75. The van der Waals surface area contributed by atoms with Gasteiger partial charge in [-0.1, -0.05) is 57.2 Å². The molecule has 0 fully saturated rings. The van der Waals surface area contributed by atoms with Gasteiger partial charge in [-0.15, -0.1) is 0 Å². The number of benzene rings is 2. The Morgan fingerprint density at radius 2 is 1.85 bits per heavy atom. The van der Waals surface area contributed by atoms with Crippen molar-refractivity contribution >= 4 is 22.6 Å². The van der Waals surface area contributed by atoms with E-state index in [1.54, 1.807) is 0 Å². The van der Waals surface area contributed by atoms with Crippen LogP contribution < -0.4 is 10.6 Å². The smallest absolute Gasteiger partial charge is 0.319 e. The van der Waals surface area contributed by atoms with Crippen molar-refractivity contribution in [3.8, 4) is 0 Å². The first-order valence-electron chi connectivity index (χ1n) is 9.06. The summed E-state index contributed by atoms with van der Waals surface area (Å²) in [6, 6.07) is 14.2. The van der Waals surface area contributed by atoms with Crippen LogP contribution in [0.15, 0.2) is 48.7 Å². The third kappa shape index (κ3) is 3.90. The first kappa shape index (κ1) is 18.1. The fourth-order valence-electron chi connectivity index (χ4n) is 3.27. The van der Waals surface area contributed by atoms with E-state index in [1.165, 1.54) is 10.9 Å². The molecule has 0 radical (unpaired) electrons. The fraction of sp³-hybridized carbons (Fsp3) is 0.318. The number of fused-ring (bicyclic) bond motifs is 1. The zero-order valence-corrected chi connectivity index (χ0v) is 15.9. The Labute approximate surface area is 155 Å². The summed E-state index contributed by atoms with van der Waals surface area (Å²) in [6.07, 6.45) is 2.81. The molecule has 3 N–H and O–H groups in total. The Morgan fingerprint density at radius 3 is 2.62 bits per heavy atom. The predicted molar refractivity (Wildman–Crippen MR) is 109 cm³/mol. The summed E-state index contributed by atoms with van der Waals surface area (Å²) in [7, 11) is 0. The van der Waals surface area contributed by atoms with Crippen LogP contribution in [0.25, 0.3) is 10.9 Å². The lowest BCUT2D eigenvalue weighted by atomic mass is 9.84. The van der Waals surface area contributed by atoms with Crippen molar-refractivity contribution in [2.24, 2.45) is 0 Å². The average Bonchev–Trinajstić information content (AvgIpc) is 2.99. The van der Waals surface area contributed by atoms with Crippen LogP contribution >= 0.6 is 0 Å². The molecule has 1 aromatic heterocycles. The van der Waals surface area contributed by atoms with Crippen molar-refractivity contribution < 1.29 is 4.79 Å².